The van der Waals surface area contributed by atoms with Crippen molar-refractivity contribution in [3.63, 3.8) is 0 Å². The van der Waals surface area contributed by atoms with Gasteiger partial charge in [-0.1, -0.05) is 118 Å². The summed E-state index contributed by atoms with van der Waals surface area (Å²) in [6.45, 7) is 13.8. The smallest absolute Gasteiger partial charge is 0.0465 e. The Bertz CT molecular complexity index is 2060. The summed E-state index contributed by atoms with van der Waals surface area (Å²) in [6.07, 6.45) is 0. The second-order valence-corrected chi connectivity index (χ2v) is 14.1. The van der Waals surface area contributed by atoms with Crippen LogP contribution in [0.4, 0.5) is 17.1 Å². The van der Waals surface area contributed by atoms with Crippen molar-refractivity contribution in [2.24, 2.45) is 0 Å². The molecular weight excluding hydrogens is 542 g/mol. The Hall–Kier alpha value is -4.88. The Morgan fingerprint density at radius 2 is 0.778 bits per heavy atom. The second kappa shape index (κ2) is 9.81. The summed E-state index contributed by atoms with van der Waals surface area (Å²) in [5, 5.41) is 0. The summed E-state index contributed by atoms with van der Waals surface area (Å²) >= 11 is 0. The van der Waals surface area contributed by atoms with Crippen LogP contribution in [0, 0.1) is 13.8 Å². The summed E-state index contributed by atoms with van der Waals surface area (Å²) in [6, 6.07) is 47.8. The van der Waals surface area contributed by atoms with E-state index >= 15 is 0 Å². The zero-order valence-corrected chi connectivity index (χ0v) is 27.1. The van der Waals surface area contributed by atoms with E-state index in [9.17, 15) is 0 Å². The van der Waals surface area contributed by atoms with Gasteiger partial charge in [-0.2, -0.15) is 0 Å². The molecule has 6 aromatic rings. The number of hydrogen-bond donors (Lipinski definition) is 0. The molecule has 0 aliphatic heterocycles. The van der Waals surface area contributed by atoms with Crippen molar-refractivity contribution >= 4 is 17.1 Å². The van der Waals surface area contributed by atoms with E-state index in [1.54, 1.807) is 0 Å². The molecule has 1 heteroatoms. The normalized spacial score (nSPS) is 14.8. The van der Waals surface area contributed by atoms with Gasteiger partial charge < -0.3 is 4.90 Å². The van der Waals surface area contributed by atoms with Gasteiger partial charge in [0, 0.05) is 27.9 Å². The summed E-state index contributed by atoms with van der Waals surface area (Å²) in [5.74, 6) is 0. The number of hydrogen-bond acceptors (Lipinski definition) is 1. The third-order valence-corrected chi connectivity index (χ3v) is 10.4. The van der Waals surface area contributed by atoms with Crippen LogP contribution in [0.15, 0.2) is 127 Å². The molecule has 0 bridgehead atoms. The summed E-state index contributed by atoms with van der Waals surface area (Å²) in [7, 11) is 0. The van der Waals surface area contributed by atoms with Gasteiger partial charge in [0.2, 0.25) is 0 Å². The number of benzene rings is 6. The molecule has 0 atom stereocenters. The van der Waals surface area contributed by atoms with Gasteiger partial charge in [-0.25, -0.2) is 0 Å². The van der Waals surface area contributed by atoms with Crippen LogP contribution < -0.4 is 4.90 Å². The Kier molecular flexibility index (Phi) is 6.03. The van der Waals surface area contributed by atoms with Crippen molar-refractivity contribution in [1.82, 2.24) is 0 Å². The SMILES string of the molecule is Cc1ccc(N(c2ccc(C)cc2)c2ccc3c(c2)C(C)(C)c2cc(-c4ccc5c(c4)C(C)(C)c4ccccc4-5)ccc2-3)cc1. The number of nitrogens with zero attached hydrogens (tertiary/aromatic N) is 1. The van der Waals surface area contributed by atoms with Crippen molar-refractivity contribution in [3.05, 3.63) is 161 Å². The Morgan fingerprint density at radius 3 is 1.31 bits per heavy atom. The van der Waals surface area contributed by atoms with Crippen LogP contribution in [0.1, 0.15) is 61.1 Å². The molecule has 0 heterocycles. The Labute approximate surface area is 267 Å². The molecule has 8 rings (SSSR count). The lowest BCUT2D eigenvalue weighted by Crippen LogP contribution is -2.17. The van der Waals surface area contributed by atoms with Gasteiger partial charge in [0.15, 0.2) is 0 Å². The quantitative estimate of drug-likeness (QED) is 0.200. The van der Waals surface area contributed by atoms with Crippen molar-refractivity contribution in [2.45, 2.75) is 52.4 Å². The van der Waals surface area contributed by atoms with Gasteiger partial charge in [0.1, 0.15) is 0 Å². The fraction of sp³-hybridized carbons (Fsp3) is 0.182. The molecular formula is C44H39N. The lowest BCUT2D eigenvalue weighted by atomic mass is 9.80. The predicted molar refractivity (Wildman–Crippen MR) is 191 cm³/mol. The van der Waals surface area contributed by atoms with Crippen LogP contribution in [0.3, 0.4) is 0 Å². The van der Waals surface area contributed by atoms with E-state index in [0.29, 0.717) is 0 Å². The molecule has 45 heavy (non-hydrogen) atoms. The maximum Gasteiger partial charge on any atom is 0.0465 e. The largest absolute Gasteiger partial charge is 0.310 e. The molecule has 0 spiro atoms. The third-order valence-electron chi connectivity index (χ3n) is 10.4. The van der Waals surface area contributed by atoms with Gasteiger partial charge in [-0.15, -0.1) is 0 Å². The van der Waals surface area contributed by atoms with Crippen molar-refractivity contribution in [2.75, 3.05) is 4.90 Å². The Morgan fingerprint density at radius 1 is 0.378 bits per heavy atom. The first-order chi connectivity index (χ1) is 21.6. The molecule has 0 amide bonds. The summed E-state index contributed by atoms with van der Waals surface area (Å²) < 4.78 is 0. The first kappa shape index (κ1) is 27.7. The zero-order valence-electron chi connectivity index (χ0n) is 27.1. The number of aryl methyl sites for hydroxylation is 2. The second-order valence-electron chi connectivity index (χ2n) is 14.1. The predicted octanol–water partition coefficient (Wildman–Crippen LogP) is 12.1. The Balaban J connectivity index is 1.20. The van der Waals surface area contributed by atoms with E-state index in [1.165, 1.54) is 83.8 Å². The van der Waals surface area contributed by atoms with Crippen LogP contribution in [-0.2, 0) is 10.8 Å². The molecule has 0 saturated heterocycles. The minimum Gasteiger partial charge on any atom is -0.310 e. The molecule has 2 aliphatic carbocycles. The standard InChI is InChI=1S/C44H39N/c1-28-11-17-32(18-12-28)45(33-19-13-29(2)14-20-33)34-21-24-38-37-23-16-31(26-41(37)44(5,6)42(38)27-34)30-15-22-36-35-9-7-8-10-39(35)43(3,4)40(36)25-30/h7-27H,1-6H3. The minimum absolute atomic E-state index is 0.00859. The van der Waals surface area contributed by atoms with Crippen LogP contribution in [0.2, 0.25) is 0 Å². The van der Waals surface area contributed by atoms with Crippen LogP contribution in [0.25, 0.3) is 33.4 Å². The maximum absolute atomic E-state index is 2.45. The summed E-state index contributed by atoms with van der Waals surface area (Å²) in [5.41, 5.74) is 19.5. The average Bonchev–Trinajstić information content (AvgIpc) is 3.42. The number of fused-ring (bicyclic) bond motifs is 6. The fourth-order valence-electron chi connectivity index (χ4n) is 7.76. The molecule has 0 aromatic heterocycles. The molecule has 0 saturated carbocycles. The first-order valence-electron chi connectivity index (χ1n) is 16.1. The third kappa shape index (κ3) is 4.21. The molecule has 0 unspecified atom stereocenters. The molecule has 6 aromatic carbocycles. The molecule has 2 aliphatic rings. The van der Waals surface area contributed by atoms with Gasteiger partial charge in [-0.05, 0) is 118 Å². The highest BCUT2D eigenvalue weighted by molar-refractivity contribution is 5.88. The van der Waals surface area contributed by atoms with E-state index in [2.05, 4.69) is 174 Å². The lowest BCUT2D eigenvalue weighted by Gasteiger charge is -2.28. The van der Waals surface area contributed by atoms with Gasteiger partial charge >= 0.3 is 0 Å². The van der Waals surface area contributed by atoms with Gasteiger partial charge in [-0.3, -0.25) is 0 Å². The highest BCUT2D eigenvalue weighted by atomic mass is 15.1. The van der Waals surface area contributed by atoms with E-state index in [-0.39, 0.29) is 10.8 Å². The van der Waals surface area contributed by atoms with Crippen molar-refractivity contribution < 1.29 is 0 Å². The van der Waals surface area contributed by atoms with Crippen LogP contribution in [-0.4, -0.2) is 0 Å². The molecule has 0 N–H and O–H groups in total. The molecule has 1 nitrogen and oxygen atoms in total. The molecule has 0 radical (unpaired) electrons. The monoisotopic (exact) mass is 581 g/mol. The lowest BCUT2D eigenvalue weighted by molar-refractivity contribution is 0.659. The molecule has 0 fully saturated rings. The minimum atomic E-state index is -0.130. The fourth-order valence-corrected chi connectivity index (χ4v) is 7.76. The van der Waals surface area contributed by atoms with Gasteiger partial charge in [0.25, 0.3) is 0 Å². The molecule has 220 valence electrons. The zero-order chi connectivity index (χ0) is 31.1. The summed E-state index contributed by atoms with van der Waals surface area (Å²) in [4.78, 5) is 2.38. The van der Waals surface area contributed by atoms with Crippen LogP contribution in [0.5, 0.6) is 0 Å². The van der Waals surface area contributed by atoms with E-state index in [0.717, 1.165) is 0 Å². The van der Waals surface area contributed by atoms with E-state index < -0.39 is 0 Å². The number of rotatable bonds is 4. The maximum atomic E-state index is 2.45. The van der Waals surface area contributed by atoms with E-state index in [4.69, 9.17) is 0 Å². The van der Waals surface area contributed by atoms with Gasteiger partial charge in [0.05, 0.1) is 0 Å². The highest BCUT2D eigenvalue weighted by Gasteiger charge is 2.37. The number of anilines is 3. The average molecular weight is 582 g/mol. The van der Waals surface area contributed by atoms with Crippen molar-refractivity contribution in [3.8, 4) is 33.4 Å². The topological polar surface area (TPSA) is 3.24 Å². The van der Waals surface area contributed by atoms with Crippen LogP contribution >= 0.6 is 0 Å². The highest BCUT2D eigenvalue weighted by Crippen LogP contribution is 2.53. The van der Waals surface area contributed by atoms with E-state index in [1.807, 2.05) is 0 Å². The first-order valence-corrected chi connectivity index (χ1v) is 16.1. The van der Waals surface area contributed by atoms with Crippen molar-refractivity contribution in [1.29, 1.82) is 0 Å².